The maximum Gasteiger partial charge on any atom is 0.355 e. The second kappa shape index (κ2) is 3.83. The Hall–Kier alpha value is -2.30. The predicted molar refractivity (Wildman–Crippen MR) is 52.2 cm³/mol. The predicted octanol–water partition coefficient (Wildman–Crippen LogP) is 1.24. The van der Waals surface area contributed by atoms with Gasteiger partial charge >= 0.3 is 5.97 Å². The van der Waals surface area contributed by atoms with Crippen LogP contribution in [0.2, 0.25) is 0 Å². The first kappa shape index (κ1) is 9.26. The molecule has 0 spiro atoms. The fraction of sp³-hybridized carbons (Fsp3) is 0. The van der Waals surface area contributed by atoms with Gasteiger partial charge in [0, 0.05) is 18.0 Å². The van der Waals surface area contributed by atoms with E-state index in [1.54, 1.807) is 24.3 Å². The summed E-state index contributed by atoms with van der Waals surface area (Å²) in [6.07, 6.45) is 2.96. The Balaban J connectivity index is 2.58. The van der Waals surface area contributed by atoms with E-state index in [0.717, 1.165) is 0 Å². The highest BCUT2D eigenvalue weighted by Gasteiger charge is 2.13. The molecule has 74 valence electrons. The smallest absolute Gasteiger partial charge is 0.355 e. The van der Waals surface area contributed by atoms with Crippen LogP contribution in [0.3, 0.4) is 0 Å². The van der Waals surface area contributed by atoms with Crippen molar-refractivity contribution in [2.45, 2.75) is 0 Å². The van der Waals surface area contributed by atoms with Crippen molar-refractivity contribution in [2.75, 3.05) is 0 Å². The van der Waals surface area contributed by atoms with Crippen LogP contribution < -0.4 is 0 Å². The van der Waals surface area contributed by atoms with E-state index in [1.807, 2.05) is 0 Å². The standard InChI is InChI=1S/C10H7N3O2/c14-10(15)9-7(3-1-5-11-9)8-4-2-6-12-13-8/h1-6H,(H,14,15). The lowest BCUT2D eigenvalue weighted by Crippen LogP contribution is -2.03. The van der Waals surface area contributed by atoms with Crippen molar-refractivity contribution in [3.63, 3.8) is 0 Å². The van der Waals surface area contributed by atoms with Gasteiger partial charge in [-0.2, -0.15) is 10.2 Å². The van der Waals surface area contributed by atoms with Crippen LogP contribution in [-0.4, -0.2) is 26.3 Å². The van der Waals surface area contributed by atoms with E-state index in [9.17, 15) is 4.79 Å². The zero-order valence-electron chi connectivity index (χ0n) is 7.66. The summed E-state index contributed by atoms with van der Waals surface area (Å²) in [5.41, 5.74) is 0.958. The Morgan fingerprint density at radius 3 is 2.67 bits per heavy atom. The van der Waals surface area contributed by atoms with Crippen molar-refractivity contribution in [1.82, 2.24) is 15.2 Å². The number of nitrogens with zero attached hydrogens (tertiary/aromatic N) is 3. The van der Waals surface area contributed by atoms with Crippen LogP contribution in [0, 0.1) is 0 Å². The number of aromatic carboxylic acids is 1. The molecule has 0 saturated carbocycles. The fourth-order valence-electron chi connectivity index (χ4n) is 1.23. The molecule has 1 N–H and O–H groups in total. The van der Waals surface area contributed by atoms with Crippen molar-refractivity contribution < 1.29 is 9.90 Å². The van der Waals surface area contributed by atoms with E-state index in [4.69, 9.17) is 5.11 Å². The van der Waals surface area contributed by atoms with E-state index in [2.05, 4.69) is 15.2 Å². The summed E-state index contributed by atoms with van der Waals surface area (Å²) in [5, 5.41) is 16.4. The summed E-state index contributed by atoms with van der Waals surface area (Å²) in [6, 6.07) is 6.70. The van der Waals surface area contributed by atoms with Crippen LogP contribution in [0.5, 0.6) is 0 Å². The zero-order chi connectivity index (χ0) is 10.7. The third-order valence-corrected chi connectivity index (χ3v) is 1.86. The first-order valence-corrected chi connectivity index (χ1v) is 4.25. The highest BCUT2D eigenvalue weighted by molar-refractivity contribution is 5.93. The Kier molecular flexibility index (Phi) is 2.37. The molecule has 5 heteroatoms. The molecule has 0 atom stereocenters. The second-order valence-corrected chi connectivity index (χ2v) is 2.81. The molecular weight excluding hydrogens is 194 g/mol. The summed E-state index contributed by atoms with van der Waals surface area (Å²) in [5.74, 6) is -1.07. The van der Waals surface area contributed by atoms with E-state index in [1.165, 1.54) is 12.4 Å². The number of carbonyl (C=O) groups is 1. The summed E-state index contributed by atoms with van der Waals surface area (Å²) in [6.45, 7) is 0. The molecule has 0 fully saturated rings. The lowest BCUT2D eigenvalue weighted by molar-refractivity contribution is 0.0691. The van der Waals surface area contributed by atoms with Gasteiger partial charge in [-0.1, -0.05) is 0 Å². The zero-order valence-corrected chi connectivity index (χ0v) is 7.66. The Morgan fingerprint density at radius 1 is 1.20 bits per heavy atom. The molecule has 5 nitrogen and oxygen atoms in total. The van der Waals surface area contributed by atoms with Crippen LogP contribution in [0.25, 0.3) is 11.3 Å². The number of hydrogen-bond acceptors (Lipinski definition) is 4. The third kappa shape index (κ3) is 1.80. The van der Waals surface area contributed by atoms with Gasteiger partial charge in [-0.25, -0.2) is 9.78 Å². The van der Waals surface area contributed by atoms with Crippen LogP contribution in [0.4, 0.5) is 0 Å². The van der Waals surface area contributed by atoms with E-state index in [0.29, 0.717) is 11.3 Å². The fourth-order valence-corrected chi connectivity index (χ4v) is 1.23. The van der Waals surface area contributed by atoms with Gasteiger partial charge < -0.3 is 5.11 Å². The molecule has 0 aliphatic carbocycles. The Bertz CT molecular complexity index is 485. The second-order valence-electron chi connectivity index (χ2n) is 2.81. The normalized spacial score (nSPS) is 9.87. The molecule has 0 aliphatic heterocycles. The van der Waals surface area contributed by atoms with Crippen molar-refractivity contribution >= 4 is 5.97 Å². The Morgan fingerprint density at radius 2 is 2.00 bits per heavy atom. The van der Waals surface area contributed by atoms with Gasteiger partial charge in [-0.15, -0.1) is 0 Å². The highest BCUT2D eigenvalue weighted by Crippen LogP contribution is 2.18. The van der Waals surface area contributed by atoms with Gasteiger partial charge in [0.15, 0.2) is 5.69 Å². The van der Waals surface area contributed by atoms with E-state index >= 15 is 0 Å². The van der Waals surface area contributed by atoms with Gasteiger partial charge in [0.2, 0.25) is 0 Å². The van der Waals surface area contributed by atoms with Gasteiger partial charge in [0.05, 0.1) is 5.69 Å². The molecule has 2 aromatic rings. The molecule has 0 bridgehead atoms. The minimum absolute atomic E-state index is 0.0157. The van der Waals surface area contributed by atoms with Crippen LogP contribution in [0.15, 0.2) is 36.7 Å². The van der Waals surface area contributed by atoms with Gasteiger partial charge in [0.25, 0.3) is 0 Å². The monoisotopic (exact) mass is 201 g/mol. The first-order valence-electron chi connectivity index (χ1n) is 4.25. The summed E-state index contributed by atoms with van der Waals surface area (Å²) in [4.78, 5) is 14.7. The maximum absolute atomic E-state index is 10.9. The van der Waals surface area contributed by atoms with Gasteiger partial charge in [0.1, 0.15) is 0 Å². The summed E-state index contributed by atoms with van der Waals surface area (Å²) >= 11 is 0. The maximum atomic E-state index is 10.9. The van der Waals surface area contributed by atoms with E-state index < -0.39 is 5.97 Å². The number of aromatic nitrogens is 3. The van der Waals surface area contributed by atoms with Crippen molar-refractivity contribution in [3.05, 3.63) is 42.4 Å². The average molecular weight is 201 g/mol. The summed E-state index contributed by atoms with van der Waals surface area (Å²) in [7, 11) is 0. The molecule has 0 aromatic carbocycles. The lowest BCUT2D eigenvalue weighted by atomic mass is 10.1. The first-order chi connectivity index (χ1) is 7.29. The molecule has 0 radical (unpaired) electrons. The lowest BCUT2D eigenvalue weighted by Gasteiger charge is -2.02. The molecule has 2 heterocycles. The minimum Gasteiger partial charge on any atom is -0.476 e. The largest absolute Gasteiger partial charge is 0.476 e. The van der Waals surface area contributed by atoms with E-state index in [-0.39, 0.29) is 5.69 Å². The molecule has 2 aromatic heterocycles. The number of carboxylic acid groups (broad SMARTS) is 1. The molecule has 0 aliphatic rings. The molecule has 0 unspecified atom stereocenters. The Labute approximate surface area is 85.4 Å². The highest BCUT2D eigenvalue weighted by atomic mass is 16.4. The van der Waals surface area contributed by atoms with Crippen LogP contribution in [-0.2, 0) is 0 Å². The quantitative estimate of drug-likeness (QED) is 0.790. The summed E-state index contributed by atoms with van der Waals surface area (Å²) < 4.78 is 0. The molecule has 2 rings (SSSR count). The number of rotatable bonds is 2. The van der Waals surface area contributed by atoms with Crippen molar-refractivity contribution in [1.29, 1.82) is 0 Å². The SMILES string of the molecule is O=C(O)c1ncccc1-c1cccnn1. The molecule has 15 heavy (non-hydrogen) atoms. The number of hydrogen-bond donors (Lipinski definition) is 1. The number of carboxylic acids is 1. The minimum atomic E-state index is -1.07. The molecule has 0 amide bonds. The van der Waals surface area contributed by atoms with Gasteiger partial charge in [-0.05, 0) is 24.3 Å². The van der Waals surface area contributed by atoms with Crippen molar-refractivity contribution in [3.8, 4) is 11.3 Å². The van der Waals surface area contributed by atoms with Crippen LogP contribution >= 0.6 is 0 Å². The number of pyridine rings is 1. The van der Waals surface area contributed by atoms with Crippen molar-refractivity contribution in [2.24, 2.45) is 0 Å². The average Bonchev–Trinajstić information content (AvgIpc) is 2.30. The third-order valence-electron chi connectivity index (χ3n) is 1.86. The molecular formula is C10H7N3O2. The van der Waals surface area contributed by atoms with Gasteiger partial charge in [-0.3, -0.25) is 0 Å². The topological polar surface area (TPSA) is 76.0 Å². The molecule has 0 saturated heterocycles. The van der Waals surface area contributed by atoms with Crippen LogP contribution in [0.1, 0.15) is 10.5 Å².